The summed E-state index contributed by atoms with van der Waals surface area (Å²) in [7, 11) is 0. The zero-order valence-electron chi connectivity index (χ0n) is 14.5. The topological polar surface area (TPSA) is 9.23 Å². The Bertz CT molecular complexity index is 344. The molecule has 0 spiro atoms. The van der Waals surface area contributed by atoms with Gasteiger partial charge in [-0.3, -0.25) is 0 Å². The molecule has 1 aromatic carbocycles. The molecule has 1 aromatic rings. The van der Waals surface area contributed by atoms with E-state index in [-0.39, 0.29) is 0 Å². The minimum Gasteiger partial charge on any atom is -0.490 e. The van der Waals surface area contributed by atoms with E-state index in [9.17, 15) is 0 Å². The smallest absolute Gasteiger partial charge is 0.119 e. The van der Waals surface area contributed by atoms with Gasteiger partial charge >= 0.3 is 0 Å². The molecule has 2 unspecified atom stereocenters. The van der Waals surface area contributed by atoms with Crippen molar-refractivity contribution in [3.63, 3.8) is 0 Å². The Labute approximate surface area is 132 Å². The minimum absolute atomic E-state index is 0.355. The summed E-state index contributed by atoms with van der Waals surface area (Å²) in [5.41, 5.74) is 0. The minimum atomic E-state index is 0.355. The normalized spacial score (nSPS) is 14.1. The highest BCUT2D eigenvalue weighted by atomic mass is 16.5. The number of hydrogen-bond acceptors (Lipinski definition) is 1. The molecule has 0 radical (unpaired) electrons. The van der Waals surface area contributed by atoms with Gasteiger partial charge in [-0.05, 0) is 36.8 Å². The SMILES string of the molecule is CCCCCCC(C)CC(CC(C)C)Oc1ccccc1. The van der Waals surface area contributed by atoms with E-state index < -0.39 is 0 Å². The van der Waals surface area contributed by atoms with Gasteiger partial charge in [-0.1, -0.05) is 78.0 Å². The second kappa shape index (κ2) is 10.7. The third kappa shape index (κ3) is 8.80. The third-order valence-corrected chi connectivity index (χ3v) is 4.00. The van der Waals surface area contributed by atoms with Crippen molar-refractivity contribution in [1.29, 1.82) is 0 Å². The summed E-state index contributed by atoms with van der Waals surface area (Å²) in [6.45, 7) is 9.23. The van der Waals surface area contributed by atoms with Crippen LogP contribution in [0.3, 0.4) is 0 Å². The predicted octanol–water partition coefficient (Wildman–Crippen LogP) is 6.48. The Morgan fingerprint density at radius 2 is 1.62 bits per heavy atom. The number of unbranched alkanes of at least 4 members (excludes halogenated alkanes) is 3. The maximum Gasteiger partial charge on any atom is 0.119 e. The van der Waals surface area contributed by atoms with Crippen molar-refractivity contribution in [1.82, 2.24) is 0 Å². The molecule has 0 aliphatic rings. The largest absolute Gasteiger partial charge is 0.490 e. The van der Waals surface area contributed by atoms with Crippen LogP contribution >= 0.6 is 0 Å². The summed E-state index contributed by atoms with van der Waals surface area (Å²) in [6.07, 6.45) is 9.47. The van der Waals surface area contributed by atoms with Crippen LogP contribution in [0.5, 0.6) is 5.75 Å². The summed E-state index contributed by atoms with van der Waals surface area (Å²) in [5, 5.41) is 0. The van der Waals surface area contributed by atoms with Crippen LogP contribution in [0.25, 0.3) is 0 Å². The van der Waals surface area contributed by atoms with Crippen LogP contribution < -0.4 is 4.74 Å². The highest BCUT2D eigenvalue weighted by molar-refractivity contribution is 5.21. The molecule has 1 heteroatoms. The van der Waals surface area contributed by atoms with Crippen molar-refractivity contribution in [2.75, 3.05) is 0 Å². The summed E-state index contributed by atoms with van der Waals surface area (Å²) < 4.78 is 6.22. The molecule has 2 atom stereocenters. The molecule has 0 saturated carbocycles. The summed E-state index contributed by atoms with van der Waals surface area (Å²) in [4.78, 5) is 0. The Morgan fingerprint density at radius 3 is 2.24 bits per heavy atom. The lowest BCUT2D eigenvalue weighted by Gasteiger charge is -2.24. The third-order valence-electron chi connectivity index (χ3n) is 4.00. The standard InChI is InChI=1S/C20H34O/c1-5-6-7-9-12-18(4)16-20(15-17(2)3)21-19-13-10-8-11-14-19/h8,10-11,13-14,17-18,20H,5-7,9,12,15-16H2,1-4H3. The molecule has 1 rings (SSSR count). The van der Waals surface area contributed by atoms with Crippen molar-refractivity contribution < 1.29 is 4.74 Å². The van der Waals surface area contributed by atoms with E-state index in [0.29, 0.717) is 12.0 Å². The van der Waals surface area contributed by atoms with Gasteiger partial charge in [0.15, 0.2) is 0 Å². The van der Waals surface area contributed by atoms with Crippen molar-refractivity contribution in [3.05, 3.63) is 30.3 Å². The molecule has 21 heavy (non-hydrogen) atoms. The Kier molecular flexibility index (Phi) is 9.21. The molecule has 1 nitrogen and oxygen atoms in total. The van der Waals surface area contributed by atoms with Crippen LogP contribution in [0.2, 0.25) is 0 Å². The first kappa shape index (κ1) is 18.1. The number of ether oxygens (including phenoxy) is 1. The van der Waals surface area contributed by atoms with Crippen LogP contribution in [-0.2, 0) is 0 Å². The van der Waals surface area contributed by atoms with E-state index in [1.165, 1.54) is 38.5 Å². The predicted molar refractivity (Wildman–Crippen MR) is 92.9 cm³/mol. The van der Waals surface area contributed by atoms with Crippen LogP contribution in [-0.4, -0.2) is 6.10 Å². The first-order valence-corrected chi connectivity index (χ1v) is 8.83. The molecule has 0 fully saturated rings. The van der Waals surface area contributed by atoms with Crippen LogP contribution in [0.15, 0.2) is 30.3 Å². The van der Waals surface area contributed by atoms with E-state index in [0.717, 1.165) is 18.1 Å². The van der Waals surface area contributed by atoms with Crippen LogP contribution in [0.1, 0.15) is 72.6 Å². The second-order valence-corrected chi connectivity index (χ2v) is 6.87. The zero-order chi connectivity index (χ0) is 15.5. The van der Waals surface area contributed by atoms with E-state index in [2.05, 4.69) is 52.0 Å². The van der Waals surface area contributed by atoms with Crippen molar-refractivity contribution in [3.8, 4) is 5.75 Å². The molecule has 0 heterocycles. The lowest BCUT2D eigenvalue weighted by atomic mass is 9.93. The highest BCUT2D eigenvalue weighted by Gasteiger charge is 2.16. The number of hydrogen-bond donors (Lipinski definition) is 0. The fourth-order valence-corrected chi connectivity index (χ4v) is 2.90. The van der Waals surface area contributed by atoms with Gasteiger partial charge in [-0.2, -0.15) is 0 Å². The second-order valence-electron chi connectivity index (χ2n) is 6.87. The lowest BCUT2D eigenvalue weighted by molar-refractivity contribution is 0.144. The number of rotatable bonds is 11. The van der Waals surface area contributed by atoms with E-state index in [1.807, 2.05) is 6.07 Å². The maximum atomic E-state index is 6.22. The molecule has 0 bridgehead atoms. The van der Waals surface area contributed by atoms with Gasteiger partial charge in [-0.25, -0.2) is 0 Å². The van der Waals surface area contributed by atoms with Gasteiger partial charge in [0, 0.05) is 0 Å². The summed E-state index contributed by atoms with van der Waals surface area (Å²) in [5.74, 6) is 2.46. The zero-order valence-corrected chi connectivity index (χ0v) is 14.5. The molecule has 0 amide bonds. The maximum absolute atomic E-state index is 6.22. The summed E-state index contributed by atoms with van der Waals surface area (Å²) >= 11 is 0. The highest BCUT2D eigenvalue weighted by Crippen LogP contribution is 2.23. The molecule has 0 aromatic heterocycles. The number of para-hydroxylation sites is 1. The summed E-state index contributed by atoms with van der Waals surface area (Å²) in [6, 6.07) is 10.3. The van der Waals surface area contributed by atoms with Gasteiger partial charge in [-0.15, -0.1) is 0 Å². The monoisotopic (exact) mass is 290 g/mol. The van der Waals surface area contributed by atoms with Gasteiger partial charge < -0.3 is 4.74 Å². The van der Waals surface area contributed by atoms with Crippen LogP contribution in [0, 0.1) is 11.8 Å². The molecule has 0 N–H and O–H groups in total. The fourth-order valence-electron chi connectivity index (χ4n) is 2.90. The van der Waals surface area contributed by atoms with E-state index in [4.69, 9.17) is 4.74 Å². The van der Waals surface area contributed by atoms with Gasteiger partial charge in [0.25, 0.3) is 0 Å². The fraction of sp³-hybridized carbons (Fsp3) is 0.700. The average molecular weight is 290 g/mol. The molecule has 0 aliphatic heterocycles. The van der Waals surface area contributed by atoms with Gasteiger partial charge in [0.05, 0.1) is 6.10 Å². The van der Waals surface area contributed by atoms with Gasteiger partial charge in [0.1, 0.15) is 5.75 Å². The molecule has 0 aliphatic carbocycles. The van der Waals surface area contributed by atoms with Crippen molar-refractivity contribution in [2.45, 2.75) is 78.7 Å². The Balaban J connectivity index is 2.42. The van der Waals surface area contributed by atoms with Crippen molar-refractivity contribution >= 4 is 0 Å². The number of benzene rings is 1. The quantitative estimate of drug-likeness (QED) is 0.424. The lowest BCUT2D eigenvalue weighted by Crippen LogP contribution is -2.22. The van der Waals surface area contributed by atoms with E-state index >= 15 is 0 Å². The molecular formula is C20H34O. The Hall–Kier alpha value is -0.980. The van der Waals surface area contributed by atoms with Gasteiger partial charge in [0.2, 0.25) is 0 Å². The first-order valence-electron chi connectivity index (χ1n) is 8.83. The van der Waals surface area contributed by atoms with E-state index in [1.54, 1.807) is 0 Å². The Morgan fingerprint density at radius 1 is 0.905 bits per heavy atom. The van der Waals surface area contributed by atoms with Crippen molar-refractivity contribution in [2.24, 2.45) is 11.8 Å². The molecule has 120 valence electrons. The first-order chi connectivity index (χ1) is 10.1. The average Bonchev–Trinajstić information content (AvgIpc) is 2.44. The molecular weight excluding hydrogens is 256 g/mol. The van der Waals surface area contributed by atoms with Crippen LogP contribution in [0.4, 0.5) is 0 Å². The molecule has 0 saturated heterocycles.